The minimum Gasteiger partial charge on any atom is -0.336 e. The number of hydrogen-bond acceptors (Lipinski definition) is 6. The molecule has 26 heavy (non-hydrogen) atoms. The Balaban J connectivity index is 1.79. The molecule has 2 saturated heterocycles. The highest BCUT2D eigenvalue weighted by Crippen LogP contribution is 2.26. The molecule has 1 unspecified atom stereocenters. The summed E-state index contributed by atoms with van der Waals surface area (Å²) < 4.78 is 48.8. The van der Waals surface area contributed by atoms with E-state index in [-0.39, 0.29) is 28.7 Å². The number of benzene rings is 1. The van der Waals surface area contributed by atoms with Crippen molar-refractivity contribution < 1.29 is 21.6 Å². The van der Waals surface area contributed by atoms with Gasteiger partial charge < -0.3 is 9.80 Å². The third-order valence-electron chi connectivity index (χ3n) is 5.15. The number of amides is 1. The number of hydrogen-bond donors (Lipinski definition) is 0. The zero-order valence-electron chi connectivity index (χ0n) is 14.8. The highest BCUT2D eigenvalue weighted by Gasteiger charge is 2.38. The summed E-state index contributed by atoms with van der Waals surface area (Å²) >= 11 is 0. The average molecular weight is 401 g/mol. The lowest BCUT2D eigenvalue weighted by Crippen LogP contribution is -2.48. The van der Waals surface area contributed by atoms with Crippen LogP contribution in [0.2, 0.25) is 0 Å². The summed E-state index contributed by atoms with van der Waals surface area (Å²) in [5.41, 5.74) is 0.330. The lowest BCUT2D eigenvalue weighted by Gasteiger charge is -2.34. The second-order valence-corrected chi connectivity index (χ2v) is 11.3. The van der Waals surface area contributed by atoms with Crippen molar-refractivity contribution in [2.24, 2.45) is 0 Å². The predicted molar refractivity (Wildman–Crippen MR) is 98.7 cm³/mol. The van der Waals surface area contributed by atoms with Crippen molar-refractivity contribution >= 4 is 25.6 Å². The van der Waals surface area contributed by atoms with Crippen LogP contribution in [0.25, 0.3) is 0 Å². The molecule has 2 aliphatic heterocycles. The van der Waals surface area contributed by atoms with Gasteiger partial charge in [-0.2, -0.15) is 0 Å². The van der Waals surface area contributed by atoms with E-state index in [0.717, 1.165) is 19.6 Å². The summed E-state index contributed by atoms with van der Waals surface area (Å²) in [5, 5.41) is -0.925. The number of rotatable bonds is 4. The Morgan fingerprint density at radius 3 is 2.46 bits per heavy atom. The first-order valence-corrected chi connectivity index (χ1v) is 12.2. The van der Waals surface area contributed by atoms with E-state index < -0.39 is 24.9 Å². The van der Waals surface area contributed by atoms with Crippen molar-refractivity contribution in [2.75, 3.05) is 44.2 Å². The van der Waals surface area contributed by atoms with Gasteiger partial charge in [0.25, 0.3) is 5.91 Å². The van der Waals surface area contributed by atoms with Gasteiger partial charge in [0.15, 0.2) is 19.7 Å². The van der Waals surface area contributed by atoms with Crippen LogP contribution in [-0.4, -0.2) is 82.0 Å². The quantitative estimate of drug-likeness (QED) is 0.728. The Kier molecular flexibility index (Phi) is 5.41. The number of piperazine rings is 1. The van der Waals surface area contributed by atoms with Crippen LogP contribution < -0.4 is 0 Å². The zero-order chi connectivity index (χ0) is 18.9. The number of likely N-dealkylation sites (N-methyl/N-ethyl adjacent to an activating group) is 1. The average Bonchev–Trinajstić information content (AvgIpc) is 3.02. The van der Waals surface area contributed by atoms with Gasteiger partial charge in [-0.3, -0.25) is 4.79 Å². The van der Waals surface area contributed by atoms with Crippen molar-refractivity contribution in [3.63, 3.8) is 0 Å². The largest absolute Gasteiger partial charge is 0.336 e. The maximum atomic E-state index is 12.8. The highest BCUT2D eigenvalue weighted by molar-refractivity contribution is 7.96. The monoisotopic (exact) mass is 400 g/mol. The molecule has 2 heterocycles. The van der Waals surface area contributed by atoms with Crippen LogP contribution in [-0.2, 0) is 19.7 Å². The smallest absolute Gasteiger partial charge is 0.253 e. The van der Waals surface area contributed by atoms with Gasteiger partial charge in [0, 0.05) is 31.7 Å². The summed E-state index contributed by atoms with van der Waals surface area (Å²) in [4.78, 5) is 16.7. The van der Waals surface area contributed by atoms with Crippen LogP contribution >= 0.6 is 0 Å². The molecule has 0 aromatic heterocycles. The Morgan fingerprint density at radius 2 is 1.88 bits per heavy atom. The molecule has 9 heteroatoms. The molecule has 0 radical (unpaired) electrons. The van der Waals surface area contributed by atoms with E-state index in [2.05, 4.69) is 11.8 Å². The number of nitrogens with zero attached hydrogens (tertiary/aromatic N) is 2. The van der Waals surface area contributed by atoms with Gasteiger partial charge in [0.05, 0.1) is 21.7 Å². The van der Waals surface area contributed by atoms with Crippen LogP contribution in [0.3, 0.4) is 0 Å². The minimum absolute atomic E-state index is 0.0256. The van der Waals surface area contributed by atoms with E-state index in [1.54, 1.807) is 17.0 Å². The molecule has 1 atom stereocenters. The molecule has 0 bridgehead atoms. The van der Waals surface area contributed by atoms with E-state index in [4.69, 9.17) is 0 Å². The number of carbonyl (C=O) groups is 1. The third kappa shape index (κ3) is 3.94. The Bertz CT molecular complexity index is 887. The predicted octanol–water partition coefficient (Wildman–Crippen LogP) is 0.425. The Hall–Kier alpha value is -1.45. The second-order valence-electron chi connectivity index (χ2n) is 6.82. The lowest BCUT2D eigenvalue weighted by atomic mass is 10.2. The molecule has 0 aliphatic carbocycles. The fraction of sp³-hybridized carbons (Fsp3) is 0.588. The first kappa shape index (κ1) is 19.3. The van der Waals surface area contributed by atoms with Gasteiger partial charge in [0.2, 0.25) is 0 Å². The summed E-state index contributed by atoms with van der Waals surface area (Å²) in [6.07, 6.45) is 0.113. The molecule has 3 rings (SSSR count). The fourth-order valence-electron chi connectivity index (χ4n) is 3.45. The van der Waals surface area contributed by atoms with E-state index in [0.29, 0.717) is 18.7 Å². The number of carbonyl (C=O) groups excluding carboxylic acids is 1. The summed E-state index contributed by atoms with van der Waals surface area (Å²) in [6, 6.07) is 5.98. The highest BCUT2D eigenvalue weighted by atomic mass is 32.2. The maximum Gasteiger partial charge on any atom is 0.253 e. The SMILES string of the molecule is CCN1CCN(C(=O)c2cccc(S(=O)(=O)C3CCS(=O)(=O)C3)c2)CC1. The lowest BCUT2D eigenvalue weighted by molar-refractivity contribution is 0.0643. The maximum absolute atomic E-state index is 12.8. The topological polar surface area (TPSA) is 91.8 Å². The summed E-state index contributed by atoms with van der Waals surface area (Å²) in [7, 11) is -7.06. The van der Waals surface area contributed by atoms with Gasteiger partial charge in [-0.05, 0) is 31.2 Å². The van der Waals surface area contributed by atoms with Crippen molar-refractivity contribution in [3.8, 4) is 0 Å². The van der Waals surface area contributed by atoms with Gasteiger partial charge in [0.1, 0.15) is 0 Å². The van der Waals surface area contributed by atoms with Crippen molar-refractivity contribution in [1.29, 1.82) is 0 Å². The fourth-order valence-corrected chi connectivity index (χ4v) is 7.86. The first-order chi connectivity index (χ1) is 12.2. The van der Waals surface area contributed by atoms with Crippen molar-refractivity contribution in [1.82, 2.24) is 9.80 Å². The first-order valence-electron chi connectivity index (χ1n) is 8.79. The van der Waals surface area contributed by atoms with Gasteiger partial charge >= 0.3 is 0 Å². The molecule has 0 spiro atoms. The molecule has 144 valence electrons. The van der Waals surface area contributed by atoms with Crippen LogP contribution in [0.4, 0.5) is 0 Å². The molecular weight excluding hydrogens is 376 g/mol. The molecule has 2 fully saturated rings. The van der Waals surface area contributed by atoms with Crippen LogP contribution in [0.1, 0.15) is 23.7 Å². The molecule has 1 aromatic rings. The molecule has 1 aromatic carbocycles. The van der Waals surface area contributed by atoms with E-state index in [1.807, 2.05) is 0 Å². The normalized spacial score (nSPS) is 23.9. The molecular formula is C17H24N2O5S2. The summed E-state index contributed by atoms with van der Waals surface area (Å²) in [6.45, 7) is 5.87. The Morgan fingerprint density at radius 1 is 1.19 bits per heavy atom. The standard InChI is InChI=1S/C17H24N2O5S2/c1-2-18-7-9-19(10-8-18)17(20)14-4-3-5-15(12-14)26(23,24)16-6-11-25(21,22)13-16/h3-5,12,16H,2,6-11,13H2,1H3. The van der Waals surface area contributed by atoms with Gasteiger partial charge in [-0.1, -0.05) is 13.0 Å². The minimum atomic E-state index is -3.77. The summed E-state index contributed by atoms with van der Waals surface area (Å²) in [5.74, 6) is -0.624. The van der Waals surface area contributed by atoms with E-state index >= 15 is 0 Å². The van der Waals surface area contributed by atoms with Crippen molar-refractivity contribution in [2.45, 2.75) is 23.5 Å². The van der Waals surface area contributed by atoms with E-state index in [9.17, 15) is 21.6 Å². The van der Waals surface area contributed by atoms with Crippen LogP contribution in [0.5, 0.6) is 0 Å². The van der Waals surface area contributed by atoms with Crippen LogP contribution in [0.15, 0.2) is 29.2 Å². The number of sulfone groups is 2. The molecule has 2 aliphatic rings. The van der Waals surface area contributed by atoms with Crippen LogP contribution in [0, 0.1) is 0 Å². The second kappa shape index (κ2) is 7.28. The molecule has 7 nitrogen and oxygen atoms in total. The molecule has 1 amide bonds. The molecule has 0 N–H and O–H groups in total. The van der Waals surface area contributed by atoms with Gasteiger partial charge in [-0.25, -0.2) is 16.8 Å². The third-order valence-corrected chi connectivity index (χ3v) is 9.32. The van der Waals surface area contributed by atoms with Gasteiger partial charge in [-0.15, -0.1) is 0 Å². The van der Waals surface area contributed by atoms with Crippen molar-refractivity contribution in [3.05, 3.63) is 29.8 Å². The van der Waals surface area contributed by atoms with E-state index in [1.165, 1.54) is 12.1 Å². The Labute approximate surface area is 154 Å². The molecule has 0 saturated carbocycles. The zero-order valence-corrected chi connectivity index (χ0v) is 16.4.